The second-order valence-corrected chi connectivity index (χ2v) is 11.2. The smallest absolute Gasteiger partial charge is 0.407 e. The average Bonchev–Trinajstić information content (AvgIpc) is 3.52. The Balaban J connectivity index is 1.40. The van der Waals surface area contributed by atoms with E-state index in [1.807, 2.05) is 42.5 Å². The molecule has 5 N–H and O–H groups in total. The fourth-order valence-corrected chi connectivity index (χ4v) is 5.12. The first kappa shape index (κ1) is 27.9. The van der Waals surface area contributed by atoms with E-state index in [1.165, 1.54) is 0 Å². The van der Waals surface area contributed by atoms with Gasteiger partial charge in [0.25, 0.3) is 0 Å². The number of nitrogens with two attached hydrogens (primary N) is 1. The zero-order valence-electron chi connectivity index (χ0n) is 23.3. The molecule has 0 bridgehead atoms. The largest absolute Gasteiger partial charge is 0.477 e. The summed E-state index contributed by atoms with van der Waals surface area (Å²) in [4.78, 5) is 43.8. The number of amides is 3. The van der Waals surface area contributed by atoms with E-state index in [2.05, 4.69) is 15.6 Å². The number of pyridine rings is 1. The third-order valence-electron chi connectivity index (χ3n) is 6.95. The zero-order chi connectivity index (χ0) is 29.3. The first-order valence-electron chi connectivity index (χ1n) is 13.5. The highest BCUT2D eigenvalue weighted by atomic mass is 16.6. The predicted octanol–water partition coefficient (Wildman–Crippen LogP) is 4.53. The topological polar surface area (TPSA) is 152 Å². The maximum absolute atomic E-state index is 13.2. The summed E-state index contributed by atoms with van der Waals surface area (Å²) in [5.41, 5.74) is 7.90. The summed E-state index contributed by atoms with van der Waals surface area (Å²) in [5, 5.41) is 18.3. The van der Waals surface area contributed by atoms with Crippen molar-refractivity contribution in [1.29, 1.82) is 0 Å². The lowest BCUT2D eigenvalue weighted by molar-refractivity contribution is 0.0505. The van der Waals surface area contributed by atoms with Crippen LogP contribution in [-0.2, 0) is 17.8 Å². The van der Waals surface area contributed by atoms with Crippen molar-refractivity contribution in [1.82, 2.24) is 19.8 Å². The van der Waals surface area contributed by atoms with E-state index in [0.717, 1.165) is 16.3 Å². The SMILES string of the molecule is CC(C)(C)OC(=O)N[C@@H]1CCN(C(=O)Nc2cc(Cn3c(C(=O)O)cc4ccc(CN)nc43)c3ccccc3c2)C1. The first-order chi connectivity index (χ1) is 19.5. The Morgan fingerprint density at radius 1 is 1.10 bits per heavy atom. The van der Waals surface area contributed by atoms with Gasteiger partial charge in [-0.15, -0.1) is 0 Å². The van der Waals surface area contributed by atoms with E-state index in [-0.39, 0.29) is 30.9 Å². The number of nitrogens with one attached hydrogen (secondary N) is 2. The fraction of sp³-hybridized carbons (Fsp3) is 0.333. The molecule has 214 valence electrons. The molecule has 2 aromatic carbocycles. The lowest BCUT2D eigenvalue weighted by atomic mass is 10.0. The lowest BCUT2D eigenvalue weighted by Gasteiger charge is -2.22. The van der Waals surface area contributed by atoms with E-state index in [0.29, 0.717) is 41.9 Å². The fourth-order valence-electron chi connectivity index (χ4n) is 5.12. The second-order valence-electron chi connectivity index (χ2n) is 11.2. The number of nitrogens with zero attached hydrogens (tertiary/aromatic N) is 3. The van der Waals surface area contributed by atoms with Crippen LogP contribution < -0.4 is 16.4 Å². The van der Waals surface area contributed by atoms with Gasteiger partial charge in [-0.25, -0.2) is 19.4 Å². The Hall–Kier alpha value is -4.64. The van der Waals surface area contributed by atoms with Gasteiger partial charge in [-0.3, -0.25) is 0 Å². The molecule has 1 aliphatic heterocycles. The summed E-state index contributed by atoms with van der Waals surface area (Å²) in [6.07, 6.45) is 0.113. The number of aromatic nitrogens is 2. The highest BCUT2D eigenvalue weighted by Crippen LogP contribution is 2.28. The quantitative estimate of drug-likeness (QED) is 0.271. The number of carbonyl (C=O) groups is 3. The number of ether oxygens (including phenoxy) is 1. The van der Waals surface area contributed by atoms with Gasteiger partial charge in [0, 0.05) is 30.7 Å². The molecule has 0 radical (unpaired) electrons. The van der Waals surface area contributed by atoms with Crippen LogP contribution in [0.25, 0.3) is 21.8 Å². The van der Waals surface area contributed by atoms with Crippen LogP contribution in [0.2, 0.25) is 0 Å². The normalized spacial score (nSPS) is 15.3. The van der Waals surface area contributed by atoms with Gasteiger partial charge in [-0.2, -0.15) is 0 Å². The molecule has 1 saturated heterocycles. The third kappa shape index (κ3) is 6.25. The molecule has 4 aromatic rings. The number of urea groups is 1. The monoisotopic (exact) mass is 558 g/mol. The highest BCUT2D eigenvalue weighted by molar-refractivity contribution is 5.96. The summed E-state index contributed by atoms with van der Waals surface area (Å²) in [7, 11) is 0. The van der Waals surface area contributed by atoms with Gasteiger partial charge in [0.05, 0.1) is 18.3 Å². The Kier molecular flexibility index (Phi) is 7.55. The van der Waals surface area contributed by atoms with E-state index >= 15 is 0 Å². The van der Waals surface area contributed by atoms with Gasteiger partial charge in [0.2, 0.25) is 0 Å². The molecule has 0 unspecified atom stereocenters. The van der Waals surface area contributed by atoms with E-state index in [9.17, 15) is 19.5 Å². The standard InChI is InChI=1S/C30H34N6O5/c1-30(2,3)41-29(40)34-22-10-11-35(17-22)28(39)33-23-12-18-6-4-5-7-24(18)20(13-23)16-36-25(27(37)38)14-19-8-9-21(15-31)32-26(19)36/h4-9,12-14,22H,10-11,15-17,31H2,1-3H3,(H,33,39)(H,34,40)(H,37,38)/t22-/m1/s1. The molecule has 2 aromatic heterocycles. The van der Waals surface area contributed by atoms with Crippen molar-refractivity contribution >= 4 is 45.6 Å². The summed E-state index contributed by atoms with van der Waals surface area (Å²) < 4.78 is 7.00. The number of aromatic carboxylic acids is 1. The third-order valence-corrected chi connectivity index (χ3v) is 6.95. The number of fused-ring (bicyclic) bond motifs is 2. The summed E-state index contributed by atoms with van der Waals surface area (Å²) in [6, 6.07) is 16.2. The molecule has 3 heterocycles. The van der Waals surface area contributed by atoms with Crippen LogP contribution in [0.15, 0.2) is 54.6 Å². The summed E-state index contributed by atoms with van der Waals surface area (Å²) in [6.45, 7) is 6.70. The maximum atomic E-state index is 13.2. The minimum absolute atomic E-state index is 0.112. The molecule has 11 nitrogen and oxygen atoms in total. The van der Waals surface area contributed by atoms with Crippen molar-refractivity contribution in [3.05, 3.63) is 71.5 Å². The minimum atomic E-state index is -1.06. The van der Waals surface area contributed by atoms with Gasteiger partial charge >= 0.3 is 18.1 Å². The average molecular weight is 559 g/mol. The molecule has 1 aliphatic rings. The Labute approximate surface area is 237 Å². The van der Waals surface area contributed by atoms with E-state index < -0.39 is 17.7 Å². The maximum Gasteiger partial charge on any atom is 0.407 e. The molecule has 1 atom stereocenters. The van der Waals surface area contributed by atoms with Crippen molar-refractivity contribution in [2.45, 2.75) is 51.9 Å². The molecule has 0 saturated carbocycles. The molecule has 11 heteroatoms. The highest BCUT2D eigenvalue weighted by Gasteiger charge is 2.29. The number of alkyl carbamates (subject to hydrolysis) is 1. The van der Waals surface area contributed by atoms with Crippen molar-refractivity contribution in [2.75, 3.05) is 18.4 Å². The Morgan fingerprint density at radius 2 is 1.88 bits per heavy atom. The second kappa shape index (κ2) is 11.1. The van der Waals surface area contributed by atoms with Crippen molar-refractivity contribution in [2.24, 2.45) is 5.73 Å². The van der Waals surface area contributed by atoms with Crippen LogP contribution in [0, 0.1) is 0 Å². The molecule has 0 aliphatic carbocycles. The molecular weight excluding hydrogens is 524 g/mol. The zero-order valence-corrected chi connectivity index (χ0v) is 23.3. The lowest BCUT2D eigenvalue weighted by Crippen LogP contribution is -2.42. The van der Waals surface area contributed by atoms with E-state index in [1.54, 1.807) is 42.4 Å². The first-order valence-corrected chi connectivity index (χ1v) is 13.5. The van der Waals surface area contributed by atoms with Gasteiger partial charge < -0.3 is 35.7 Å². The summed E-state index contributed by atoms with van der Waals surface area (Å²) in [5.74, 6) is -1.06. The molecule has 5 rings (SSSR count). The van der Waals surface area contributed by atoms with Gasteiger partial charge in [-0.05, 0) is 73.9 Å². The van der Waals surface area contributed by atoms with Gasteiger partial charge in [0.1, 0.15) is 16.9 Å². The number of carboxylic acid groups (broad SMARTS) is 1. The number of hydrogen-bond acceptors (Lipinski definition) is 6. The van der Waals surface area contributed by atoms with E-state index in [4.69, 9.17) is 10.5 Å². The number of likely N-dealkylation sites (tertiary alicyclic amines) is 1. The molecule has 1 fully saturated rings. The van der Waals surface area contributed by atoms with Crippen molar-refractivity contribution in [3.63, 3.8) is 0 Å². The molecule has 3 amide bonds. The predicted molar refractivity (Wildman–Crippen MR) is 156 cm³/mol. The Bertz CT molecular complexity index is 1640. The Morgan fingerprint density at radius 3 is 2.61 bits per heavy atom. The molecule has 41 heavy (non-hydrogen) atoms. The van der Waals surface area contributed by atoms with Crippen molar-refractivity contribution < 1.29 is 24.2 Å². The number of carboxylic acids is 1. The number of carbonyl (C=O) groups excluding carboxylic acids is 2. The van der Waals surface area contributed by atoms with Crippen LogP contribution in [-0.4, -0.2) is 62.4 Å². The number of rotatable bonds is 6. The number of benzene rings is 2. The van der Waals surface area contributed by atoms with Crippen LogP contribution >= 0.6 is 0 Å². The van der Waals surface area contributed by atoms with Crippen LogP contribution in [0.3, 0.4) is 0 Å². The van der Waals surface area contributed by atoms with Gasteiger partial charge in [-0.1, -0.05) is 24.3 Å². The minimum Gasteiger partial charge on any atom is -0.477 e. The number of hydrogen-bond donors (Lipinski definition) is 4. The van der Waals surface area contributed by atoms with Gasteiger partial charge in [0.15, 0.2) is 0 Å². The van der Waals surface area contributed by atoms with Crippen LogP contribution in [0.4, 0.5) is 15.3 Å². The summed E-state index contributed by atoms with van der Waals surface area (Å²) >= 11 is 0. The number of anilines is 1. The van der Waals surface area contributed by atoms with Crippen LogP contribution in [0.5, 0.6) is 0 Å². The molecule has 0 spiro atoms. The molecular formula is C30H34N6O5. The van der Waals surface area contributed by atoms with Crippen LogP contribution in [0.1, 0.15) is 48.9 Å². The van der Waals surface area contributed by atoms with Crippen molar-refractivity contribution in [3.8, 4) is 0 Å².